The molecule has 7 nitrogen and oxygen atoms in total. The Morgan fingerprint density at radius 1 is 1.00 bits per heavy atom. The van der Waals surface area contributed by atoms with Crippen molar-refractivity contribution in [2.24, 2.45) is 0 Å². The third kappa shape index (κ3) is 4.68. The van der Waals surface area contributed by atoms with Crippen LogP contribution in [0.1, 0.15) is 10.4 Å². The van der Waals surface area contributed by atoms with Gasteiger partial charge in [0.15, 0.2) is 5.13 Å². The summed E-state index contributed by atoms with van der Waals surface area (Å²) in [6.07, 6.45) is 0. The topological polar surface area (TPSA) is 94.4 Å². The van der Waals surface area contributed by atoms with E-state index in [1.165, 1.54) is 23.5 Å². The second-order valence-corrected chi connectivity index (χ2v) is 8.60. The lowest BCUT2D eigenvalue weighted by Crippen LogP contribution is -2.11. The fourth-order valence-corrected chi connectivity index (χ4v) is 4.27. The van der Waals surface area contributed by atoms with Gasteiger partial charge in [-0.25, -0.2) is 4.98 Å². The molecule has 0 fully saturated rings. The SMILES string of the molecule is COc1ccc(-c2sc(NC(=O)c3ccc(Br)cc3)nc2-c2ccc([N+](=O)[O-])cc2)cc1. The van der Waals surface area contributed by atoms with Gasteiger partial charge in [0.05, 0.1) is 22.6 Å². The molecule has 0 aliphatic heterocycles. The number of anilines is 1. The van der Waals surface area contributed by atoms with E-state index in [0.29, 0.717) is 22.0 Å². The van der Waals surface area contributed by atoms with Crippen LogP contribution in [0.4, 0.5) is 10.8 Å². The molecule has 1 amide bonds. The van der Waals surface area contributed by atoms with Crippen molar-refractivity contribution < 1.29 is 14.5 Å². The Kier molecular flexibility index (Phi) is 6.29. The van der Waals surface area contributed by atoms with Crippen molar-refractivity contribution in [1.29, 1.82) is 0 Å². The number of benzene rings is 3. The second kappa shape index (κ2) is 9.29. The maximum Gasteiger partial charge on any atom is 0.269 e. The zero-order valence-corrected chi connectivity index (χ0v) is 19.1. The third-order valence-corrected chi connectivity index (χ3v) is 6.21. The van der Waals surface area contributed by atoms with Crippen LogP contribution < -0.4 is 10.1 Å². The number of nitrogens with zero attached hydrogens (tertiary/aromatic N) is 2. The molecule has 0 unspecified atom stereocenters. The fourth-order valence-electron chi connectivity index (χ4n) is 3.02. The number of rotatable bonds is 6. The summed E-state index contributed by atoms with van der Waals surface area (Å²) in [5.41, 5.74) is 2.73. The maximum absolute atomic E-state index is 12.7. The number of methoxy groups -OCH3 is 1. The van der Waals surface area contributed by atoms with E-state index in [1.54, 1.807) is 43.5 Å². The van der Waals surface area contributed by atoms with Crippen molar-refractivity contribution in [3.05, 3.63) is 92.9 Å². The summed E-state index contributed by atoms with van der Waals surface area (Å²) in [6.45, 7) is 0. The summed E-state index contributed by atoms with van der Waals surface area (Å²) >= 11 is 4.69. The van der Waals surface area contributed by atoms with Crippen molar-refractivity contribution >= 4 is 44.0 Å². The van der Waals surface area contributed by atoms with Crippen LogP contribution in [0.2, 0.25) is 0 Å². The van der Waals surface area contributed by atoms with Gasteiger partial charge in [-0.3, -0.25) is 20.2 Å². The van der Waals surface area contributed by atoms with Crippen molar-refractivity contribution in [2.75, 3.05) is 12.4 Å². The standard InChI is InChI=1S/C23H16BrN3O4S/c1-31-19-12-6-15(7-13-19)21-20(14-4-10-18(11-5-14)27(29)30)25-23(32-21)26-22(28)16-2-8-17(24)9-3-16/h2-13H,1H3,(H,25,26,28). The number of hydrogen-bond acceptors (Lipinski definition) is 6. The van der Waals surface area contributed by atoms with Crippen molar-refractivity contribution in [3.63, 3.8) is 0 Å². The van der Waals surface area contributed by atoms with Gasteiger partial charge in [0.1, 0.15) is 5.75 Å². The second-order valence-electron chi connectivity index (χ2n) is 6.69. The number of nitrogens with one attached hydrogen (secondary N) is 1. The first-order valence-corrected chi connectivity index (χ1v) is 11.0. The highest BCUT2D eigenvalue weighted by atomic mass is 79.9. The molecule has 0 aliphatic carbocycles. The Labute approximate surface area is 196 Å². The highest BCUT2D eigenvalue weighted by Gasteiger charge is 2.18. The average Bonchev–Trinajstić information content (AvgIpc) is 3.23. The smallest absolute Gasteiger partial charge is 0.269 e. The Bertz CT molecular complexity index is 1270. The van der Waals surface area contributed by atoms with Gasteiger partial charge in [0, 0.05) is 27.7 Å². The molecule has 1 heterocycles. The number of carbonyl (C=O) groups is 1. The summed E-state index contributed by atoms with van der Waals surface area (Å²) < 4.78 is 6.11. The number of carbonyl (C=O) groups excluding carboxylic acids is 1. The van der Waals surface area contributed by atoms with E-state index >= 15 is 0 Å². The molecule has 160 valence electrons. The van der Waals surface area contributed by atoms with E-state index < -0.39 is 4.92 Å². The van der Waals surface area contributed by atoms with E-state index in [-0.39, 0.29) is 11.6 Å². The summed E-state index contributed by atoms with van der Waals surface area (Å²) in [5.74, 6) is 0.446. The van der Waals surface area contributed by atoms with Gasteiger partial charge in [-0.1, -0.05) is 27.3 Å². The summed E-state index contributed by atoms with van der Waals surface area (Å²) in [5, 5.41) is 14.3. The Balaban J connectivity index is 1.72. The molecule has 0 aliphatic rings. The minimum absolute atomic E-state index is 0.00117. The third-order valence-electron chi connectivity index (χ3n) is 4.66. The minimum Gasteiger partial charge on any atom is -0.497 e. The number of aromatic nitrogens is 1. The van der Waals surface area contributed by atoms with Crippen LogP contribution in [-0.2, 0) is 0 Å². The molecular weight excluding hydrogens is 494 g/mol. The van der Waals surface area contributed by atoms with Crippen LogP contribution in [0, 0.1) is 10.1 Å². The molecule has 0 saturated carbocycles. The number of non-ortho nitro benzene ring substituents is 1. The molecule has 4 rings (SSSR count). The first-order valence-electron chi connectivity index (χ1n) is 9.41. The highest BCUT2D eigenvalue weighted by Crippen LogP contribution is 2.40. The molecule has 9 heteroatoms. The molecule has 0 radical (unpaired) electrons. The molecule has 1 aromatic heterocycles. The molecular formula is C23H16BrN3O4S. The Hall–Kier alpha value is -3.56. The molecule has 32 heavy (non-hydrogen) atoms. The zero-order chi connectivity index (χ0) is 22.7. The maximum atomic E-state index is 12.7. The van der Waals surface area contributed by atoms with E-state index in [1.807, 2.05) is 24.3 Å². The van der Waals surface area contributed by atoms with Gasteiger partial charge in [-0.05, 0) is 66.2 Å². The number of hydrogen-bond donors (Lipinski definition) is 1. The lowest BCUT2D eigenvalue weighted by atomic mass is 10.1. The van der Waals surface area contributed by atoms with Crippen LogP contribution >= 0.6 is 27.3 Å². The van der Waals surface area contributed by atoms with Crippen LogP contribution in [0.3, 0.4) is 0 Å². The van der Waals surface area contributed by atoms with Gasteiger partial charge in [0.2, 0.25) is 0 Å². The van der Waals surface area contributed by atoms with Crippen LogP contribution in [-0.4, -0.2) is 22.9 Å². The monoisotopic (exact) mass is 509 g/mol. The first kappa shape index (κ1) is 21.7. The quantitative estimate of drug-likeness (QED) is 0.239. The number of thiazole rings is 1. The summed E-state index contributed by atoms with van der Waals surface area (Å²) in [6, 6.07) is 20.7. The van der Waals surface area contributed by atoms with Gasteiger partial charge < -0.3 is 4.74 Å². The Morgan fingerprint density at radius 2 is 1.62 bits per heavy atom. The molecule has 3 aromatic carbocycles. The van der Waals surface area contributed by atoms with Gasteiger partial charge in [-0.2, -0.15) is 0 Å². The first-order chi connectivity index (χ1) is 15.4. The van der Waals surface area contributed by atoms with Crippen molar-refractivity contribution in [2.45, 2.75) is 0 Å². The van der Waals surface area contributed by atoms with E-state index in [4.69, 9.17) is 4.74 Å². The van der Waals surface area contributed by atoms with E-state index in [9.17, 15) is 14.9 Å². The van der Waals surface area contributed by atoms with Crippen LogP contribution in [0.5, 0.6) is 5.75 Å². The molecule has 0 bridgehead atoms. The number of halogens is 1. The summed E-state index contributed by atoms with van der Waals surface area (Å²) in [7, 11) is 1.60. The Morgan fingerprint density at radius 3 is 2.22 bits per heavy atom. The lowest BCUT2D eigenvalue weighted by Gasteiger charge is -2.04. The highest BCUT2D eigenvalue weighted by molar-refractivity contribution is 9.10. The van der Waals surface area contributed by atoms with Gasteiger partial charge >= 0.3 is 0 Å². The molecule has 0 spiro atoms. The van der Waals surface area contributed by atoms with Gasteiger partial charge in [-0.15, -0.1) is 0 Å². The number of nitro benzene ring substituents is 1. The van der Waals surface area contributed by atoms with E-state index in [2.05, 4.69) is 26.2 Å². The van der Waals surface area contributed by atoms with Gasteiger partial charge in [0.25, 0.3) is 11.6 Å². The lowest BCUT2D eigenvalue weighted by molar-refractivity contribution is -0.384. The summed E-state index contributed by atoms with van der Waals surface area (Å²) in [4.78, 5) is 28.7. The molecule has 0 atom stereocenters. The average molecular weight is 510 g/mol. The fraction of sp³-hybridized carbons (Fsp3) is 0.0435. The van der Waals surface area contributed by atoms with Crippen molar-refractivity contribution in [1.82, 2.24) is 4.98 Å². The number of ether oxygens (including phenoxy) is 1. The zero-order valence-electron chi connectivity index (χ0n) is 16.7. The van der Waals surface area contributed by atoms with Crippen molar-refractivity contribution in [3.8, 4) is 27.4 Å². The minimum atomic E-state index is -0.445. The predicted molar refractivity (Wildman–Crippen MR) is 128 cm³/mol. The van der Waals surface area contributed by atoms with E-state index in [0.717, 1.165) is 20.7 Å². The number of amides is 1. The van der Waals surface area contributed by atoms with Crippen LogP contribution in [0.15, 0.2) is 77.3 Å². The molecule has 0 saturated heterocycles. The normalized spacial score (nSPS) is 10.6. The molecule has 1 N–H and O–H groups in total. The van der Waals surface area contributed by atoms with Crippen LogP contribution in [0.25, 0.3) is 21.7 Å². The number of nitro groups is 1. The molecule has 4 aromatic rings. The largest absolute Gasteiger partial charge is 0.497 e. The predicted octanol–water partition coefficient (Wildman–Crippen LogP) is 6.41.